The number of nitrogens with zero attached hydrogens (tertiary/aromatic N) is 1. The third-order valence-electron chi connectivity index (χ3n) is 4.30. The Kier molecular flexibility index (Phi) is 4.61. The van der Waals surface area contributed by atoms with Crippen molar-refractivity contribution in [3.63, 3.8) is 0 Å². The molecule has 0 atom stereocenters. The van der Waals surface area contributed by atoms with Crippen LogP contribution in [-0.2, 0) is 0 Å². The monoisotopic (exact) mass is 343 g/mol. The van der Waals surface area contributed by atoms with E-state index in [2.05, 4.69) is 25.6 Å². The summed E-state index contributed by atoms with van der Waals surface area (Å²) in [4.78, 5) is 4.76. The maximum absolute atomic E-state index is 6.24. The van der Waals surface area contributed by atoms with Crippen molar-refractivity contribution in [2.45, 2.75) is 33.1 Å². The fraction of sp³-hybridized carbons (Fsp3) is 0.250. The van der Waals surface area contributed by atoms with Gasteiger partial charge in [-0.3, -0.25) is 0 Å². The highest BCUT2D eigenvalue weighted by atomic mass is 35.5. The van der Waals surface area contributed by atoms with Crippen molar-refractivity contribution in [1.29, 1.82) is 0 Å². The zero-order valence-electron chi connectivity index (χ0n) is 13.4. The van der Waals surface area contributed by atoms with Crippen molar-refractivity contribution >= 4 is 39.9 Å². The summed E-state index contributed by atoms with van der Waals surface area (Å²) < 4.78 is 0. The minimum atomic E-state index is 0.653. The van der Waals surface area contributed by atoms with Gasteiger partial charge >= 0.3 is 0 Å². The summed E-state index contributed by atoms with van der Waals surface area (Å²) in [5, 5.41) is 1.43. The van der Waals surface area contributed by atoms with Gasteiger partial charge in [0.15, 0.2) is 0 Å². The number of benzene rings is 1. The van der Waals surface area contributed by atoms with Crippen molar-refractivity contribution in [2.24, 2.45) is 0 Å². The van der Waals surface area contributed by atoms with Crippen molar-refractivity contribution in [3.05, 3.63) is 69.5 Å². The number of aromatic nitrogens is 1. The highest BCUT2D eigenvalue weighted by Gasteiger charge is 2.21. The number of allylic oxidation sites excluding steroid dienone is 3. The van der Waals surface area contributed by atoms with Gasteiger partial charge in [-0.05, 0) is 85.2 Å². The molecule has 118 valence electrons. The van der Waals surface area contributed by atoms with E-state index >= 15 is 0 Å². The van der Waals surface area contributed by atoms with Gasteiger partial charge in [0.25, 0.3) is 0 Å². The zero-order valence-corrected chi connectivity index (χ0v) is 14.9. The van der Waals surface area contributed by atoms with E-state index in [1.807, 2.05) is 25.1 Å². The average molecular weight is 344 g/mol. The maximum atomic E-state index is 6.24. The molecule has 0 aliphatic heterocycles. The number of halogens is 2. The standard InChI is InChI=1S/C20H19Cl2N/c1-12(2)20-18(22)9-10-19(23-20)16-6-4-5-15(16)17-11-14(21)8-7-13(17)3/h7-11H,1,4-6H2,2-3H3. The van der Waals surface area contributed by atoms with Gasteiger partial charge in [0.1, 0.15) is 0 Å². The molecular weight excluding hydrogens is 325 g/mol. The Morgan fingerprint density at radius 2 is 1.83 bits per heavy atom. The first-order chi connectivity index (χ1) is 11.0. The maximum Gasteiger partial charge on any atom is 0.0846 e. The summed E-state index contributed by atoms with van der Waals surface area (Å²) >= 11 is 12.4. The summed E-state index contributed by atoms with van der Waals surface area (Å²) in [6.45, 7) is 8.04. The number of hydrogen-bond donors (Lipinski definition) is 0. The van der Waals surface area contributed by atoms with Crippen LogP contribution in [0, 0.1) is 6.92 Å². The molecule has 1 aromatic carbocycles. The van der Waals surface area contributed by atoms with Crippen LogP contribution in [0.25, 0.3) is 16.7 Å². The minimum absolute atomic E-state index is 0.653. The summed E-state index contributed by atoms with van der Waals surface area (Å²) in [7, 11) is 0. The van der Waals surface area contributed by atoms with E-state index in [1.165, 1.54) is 22.3 Å². The van der Waals surface area contributed by atoms with Crippen LogP contribution in [0.3, 0.4) is 0 Å². The zero-order chi connectivity index (χ0) is 16.6. The first-order valence-corrected chi connectivity index (χ1v) is 8.54. The van der Waals surface area contributed by atoms with Gasteiger partial charge in [-0.25, -0.2) is 4.98 Å². The molecule has 0 saturated heterocycles. The molecule has 3 heteroatoms. The normalized spacial score (nSPS) is 14.4. The molecule has 0 unspecified atom stereocenters. The largest absolute Gasteiger partial charge is 0.247 e. The molecule has 1 nitrogen and oxygen atoms in total. The summed E-state index contributed by atoms with van der Waals surface area (Å²) in [5.74, 6) is 0. The van der Waals surface area contributed by atoms with Crippen molar-refractivity contribution in [2.75, 3.05) is 0 Å². The molecule has 3 rings (SSSR count). The van der Waals surface area contributed by atoms with Gasteiger partial charge in [-0.2, -0.15) is 0 Å². The van der Waals surface area contributed by atoms with Crippen LogP contribution >= 0.6 is 23.2 Å². The lowest BCUT2D eigenvalue weighted by molar-refractivity contribution is 0.938. The second-order valence-electron chi connectivity index (χ2n) is 6.08. The third-order valence-corrected chi connectivity index (χ3v) is 4.84. The van der Waals surface area contributed by atoms with Crippen molar-refractivity contribution < 1.29 is 0 Å². The Morgan fingerprint density at radius 1 is 1.09 bits per heavy atom. The SMILES string of the molecule is C=C(C)c1nc(C2=C(c3cc(Cl)ccc3C)CCC2)ccc1Cl. The first-order valence-electron chi connectivity index (χ1n) is 7.78. The lowest BCUT2D eigenvalue weighted by atomic mass is 9.96. The van der Waals surface area contributed by atoms with Crippen LogP contribution < -0.4 is 0 Å². The summed E-state index contributed by atoms with van der Waals surface area (Å²) in [5.41, 5.74) is 7.81. The minimum Gasteiger partial charge on any atom is -0.247 e. The smallest absolute Gasteiger partial charge is 0.0846 e. The molecule has 2 aromatic rings. The predicted octanol–water partition coefficient (Wildman–Crippen LogP) is 6.82. The fourth-order valence-electron chi connectivity index (χ4n) is 3.15. The lowest BCUT2D eigenvalue weighted by Crippen LogP contribution is -1.96. The van der Waals surface area contributed by atoms with Crippen LogP contribution in [0.5, 0.6) is 0 Å². The second-order valence-corrected chi connectivity index (χ2v) is 6.92. The van der Waals surface area contributed by atoms with Gasteiger partial charge in [0.2, 0.25) is 0 Å². The highest BCUT2D eigenvalue weighted by Crippen LogP contribution is 2.41. The van der Waals surface area contributed by atoms with E-state index in [0.29, 0.717) is 5.02 Å². The van der Waals surface area contributed by atoms with E-state index in [1.54, 1.807) is 0 Å². The highest BCUT2D eigenvalue weighted by molar-refractivity contribution is 6.32. The van der Waals surface area contributed by atoms with Gasteiger partial charge < -0.3 is 0 Å². The molecule has 1 heterocycles. The van der Waals surface area contributed by atoms with Crippen LogP contribution in [0.2, 0.25) is 10.0 Å². The Morgan fingerprint density at radius 3 is 2.57 bits per heavy atom. The van der Waals surface area contributed by atoms with Gasteiger partial charge in [0.05, 0.1) is 16.4 Å². The molecule has 0 spiro atoms. The fourth-order valence-corrected chi connectivity index (χ4v) is 3.59. The van der Waals surface area contributed by atoms with E-state index < -0.39 is 0 Å². The first kappa shape index (κ1) is 16.3. The van der Waals surface area contributed by atoms with E-state index in [9.17, 15) is 0 Å². The number of rotatable bonds is 3. The number of aryl methyl sites for hydroxylation is 1. The van der Waals surface area contributed by atoms with Crippen LogP contribution in [0.4, 0.5) is 0 Å². The van der Waals surface area contributed by atoms with E-state index in [4.69, 9.17) is 28.2 Å². The lowest BCUT2D eigenvalue weighted by Gasteiger charge is -2.12. The summed E-state index contributed by atoms with van der Waals surface area (Å²) in [6, 6.07) is 10.0. The Hall–Kier alpha value is -1.57. The molecule has 1 aliphatic rings. The predicted molar refractivity (Wildman–Crippen MR) is 101 cm³/mol. The Balaban J connectivity index is 2.15. The van der Waals surface area contributed by atoms with Crippen LogP contribution in [-0.4, -0.2) is 4.98 Å². The van der Waals surface area contributed by atoms with E-state index in [0.717, 1.165) is 41.2 Å². The second kappa shape index (κ2) is 6.51. The summed E-state index contributed by atoms with van der Waals surface area (Å²) in [6.07, 6.45) is 3.23. The molecule has 0 saturated carbocycles. The molecule has 0 fully saturated rings. The molecular formula is C20H19Cl2N. The average Bonchev–Trinajstić information content (AvgIpc) is 2.99. The number of pyridine rings is 1. The number of hydrogen-bond acceptors (Lipinski definition) is 1. The topological polar surface area (TPSA) is 12.9 Å². The van der Waals surface area contributed by atoms with Gasteiger partial charge in [-0.1, -0.05) is 35.8 Å². The van der Waals surface area contributed by atoms with Crippen LogP contribution in [0.15, 0.2) is 36.9 Å². The Bertz CT molecular complexity index is 818. The third kappa shape index (κ3) is 3.22. The molecule has 1 aromatic heterocycles. The van der Waals surface area contributed by atoms with Gasteiger partial charge in [0, 0.05) is 5.02 Å². The quantitative estimate of drug-likeness (QED) is 0.595. The Labute approximate surface area is 147 Å². The van der Waals surface area contributed by atoms with Gasteiger partial charge in [-0.15, -0.1) is 0 Å². The molecule has 0 bridgehead atoms. The molecule has 23 heavy (non-hydrogen) atoms. The van der Waals surface area contributed by atoms with Crippen molar-refractivity contribution in [3.8, 4) is 0 Å². The molecule has 0 N–H and O–H groups in total. The van der Waals surface area contributed by atoms with Crippen LogP contribution in [0.1, 0.15) is 48.7 Å². The molecule has 0 amide bonds. The molecule has 1 aliphatic carbocycles. The van der Waals surface area contributed by atoms with Crippen molar-refractivity contribution in [1.82, 2.24) is 4.98 Å². The van der Waals surface area contributed by atoms with E-state index in [-0.39, 0.29) is 0 Å². The molecule has 0 radical (unpaired) electrons.